The molecule has 0 radical (unpaired) electrons. The van der Waals surface area contributed by atoms with Crippen LogP contribution in [-0.4, -0.2) is 14.7 Å². The smallest absolute Gasteiger partial charge is 0.230 e. The van der Waals surface area contributed by atoms with Crippen LogP contribution >= 0.6 is 23.2 Å². The lowest BCUT2D eigenvalue weighted by molar-refractivity contribution is 0.439. The van der Waals surface area contributed by atoms with Crippen LogP contribution in [0.1, 0.15) is 0 Å². The highest BCUT2D eigenvalue weighted by Gasteiger charge is 2.19. The van der Waals surface area contributed by atoms with Crippen LogP contribution in [0, 0.1) is 0 Å². The summed E-state index contributed by atoms with van der Waals surface area (Å²) in [6.07, 6.45) is 3.51. The number of anilines is 1. The Balaban J connectivity index is 2.18. The maximum atomic E-state index is 6.04. The molecule has 0 unspecified atom stereocenters. The van der Waals surface area contributed by atoms with E-state index in [4.69, 9.17) is 33.5 Å². The first-order valence-corrected chi connectivity index (χ1v) is 6.50. The van der Waals surface area contributed by atoms with Gasteiger partial charge in [-0.05, 0) is 17.7 Å². The summed E-state index contributed by atoms with van der Waals surface area (Å²) in [6.45, 7) is 0. The first-order valence-electron chi connectivity index (χ1n) is 5.75. The Hall–Kier alpha value is -1.98. The number of rotatable bonds is 2. The van der Waals surface area contributed by atoms with E-state index < -0.39 is 0 Å². The SMILES string of the molecule is Cn1cnc(-c2noc(N)c2-c2ccc(Cl)c(Cl)c2)c1. The van der Waals surface area contributed by atoms with E-state index in [-0.39, 0.29) is 5.88 Å². The van der Waals surface area contributed by atoms with E-state index in [0.717, 1.165) is 5.56 Å². The molecule has 1 aromatic carbocycles. The molecular weight excluding hydrogens is 299 g/mol. The van der Waals surface area contributed by atoms with Gasteiger partial charge in [-0.3, -0.25) is 0 Å². The summed E-state index contributed by atoms with van der Waals surface area (Å²) in [5.74, 6) is 0.212. The van der Waals surface area contributed by atoms with E-state index in [1.54, 1.807) is 18.5 Å². The highest BCUT2D eigenvalue weighted by molar-refractivity contribution is 6.42. The quantitative estimate of drug-likeness (QED) is 0.784. The monoisotopic (exact) mass is 308 g/mol. The van der Waals surface area contributed by atoms with Gasteiger partial charge in [0.15, 0.2) is 0 Å². The summed E-state index contributed by atoms with van der Waals surface area (Å²) in [6, 6.07) is 5.23. The molecule has 2 aromatic heterocycles. The Morgan fingerprint density at radius 2 is 2.05 bits per heavy atom. The van der Waals surface area contributed by atoms with Gasteiger partial charge in [-0.25, -0.2) is 4.98 Å². The molecule has 5 nitrogen and oxygen atoms in total. The third kappa shape index (κ3) is 2.15. The van der Waals surface area contributed by atoms with Crippen molar-refractivity contribution in [1.82, 2.24) is 14.7 Å². The highest BCUT2D eigenvalue weighted by atomic mass is 35.5. The van der Waals surface area contributed by atoms with Crippen LogP contribution in [0.15, 0.2) is 35.2 Å². The molecule has 0 atom stereocenters. The van der Waals surface area contributed by atoms with Crippen molar-refractivity contribution >= 4 is 29.1 Å². The zero-order valence-corrected chi connectivity index (χ0v) is 12.0. The molecule has 3 aromatic rings. The van der Waals surface area contributed by atoms with Gasteiger partial charge >= 0.3 is 0 Å². The summed E-state index contributed by atoms with van der Waals surface area (Å²) in [5.41, 5.74) is 8.54. The van der Waals surface area contributed by atoms with E-state index in [2.05, 4.69) is 10.1 Å². The maximum Gasteiger partial charge on any atom is 0.230 e. The maximum absolute atomic E-state index is 6.04. The minimum Gasteiger partial charge on any atom is -0.367 e. The first-order chi connectivity index (χ1) is 9.56. The van der Waals surface area contributed by atoms with Crippen molar-refractivity contribution in [2.24, 2.45) is 7.05 Å². The number of hydrogen-bond donors (Lipinski definition) is 1. The van der Waals surface area contributed by atoms with Crippen molar-refractivity contribution in [3.8, 4) is 22.5 Å². The minimum absolute atomic E-state index is 0.212. The van der Waals surface area contributed by atoms with Crippen LogP contribution in [-0.2, 0) is 7.05 Å². The summed E-state index contributed by atoms with van der Waals surface area (Å²) in [4.78, 5) is 4.25. The third-order valence-electron chi connectivity index (χ3n) is 2.87. The van der Waals surface area contributed by atoms with Gasteiger partial charge in [0.2, 0.25) is 5.88 Å². The fourth-order valence-electron chi connectivity index (χ4n) is 1.94. The molecule has 0 amide bonds. The lowest BCUT2D eigenvalue weighted by Gasteiger charge is -2.03. The number of halogens is 2. The Morgan fingerprint density at radius 1 is 1.25 bits per heavy atom. The molecule has 3 rings (SSSR count). The van der Waals surface area contributed by atoms with E-state index in [9.17, 15) is 0 Å². The van der Waals surface area contributed by atoms with Gasteiger partial charge in [-0.1, -0.05) is 34.4 Å². The van der Waals surface area contributed by atoms with Crippen LogP contribution in [0.4, 0.5) is 5.88 Å². The van der Waals surface area contributed by atoms with Gasteiger partial charge in [0.25, 0.3) is 0 Å². The second-order valence-electron chi connectivity index (χ2n) is 4.32. The van der Waals surface area contributed by atoms with Gasteiger partial charge in [0, 0.05) is 13.2 Å². The summed E-state index contributed by atoms with van der Waals surface area (Å²) in [7, 11) is 1.87. The molecule has 0 spiro atoms. The molecule has 0 saturated heterocycles. The van der Waals surface area contributed by atoms with Crippen molar-refractivity contribution in [3.05, 3.63) is 40.8 Å². The number of hydrogen-bond acceptors (Lipinski definition) is 4. The topological polar surface area (TPSA) is 69.9 Å². The van der Waals surface area contributed by atoms with Gasteiger partial charge in [-0.15, -0.1) is 0 Å². The minimum atomic E-state index is 0.212. The van der Waals surface area contributed by atoms with E-state index in [0.29, 0.717) is 27.0 Å². The van der Waals surface area contributed by atoms with Crippen LogP contribution in [0.2, 0.25) is 10.0 Å². The summed E-state index contributed by atoms with van der Waals surface area (Å²) in [5, 5.41) is 4.89. The Morgan fingerprint density at radius 3 is 2.70 bits per heavy atom. The lowest BCUT2D eigenvalue weighted by atomic mass is 10.0. The second-order valence-corrected chi connectivity index (χ2v) is 5.14. The largest absolute Gasteiger partial charge is 0.367 e. The van der Waals surface area contributed by atoms with Crippen LogP contribution in [0.3, 0.4) is 0 Å². The van der Waals surface area contributed by atoms with Crippen molar-refractivity contribution in [3.63, 3.8) is 0 Å². The average Bonchev–Trinajstić information content (AvgIpc) is 2.99. The molecule has 0 aliphatic rings. The molecule has 2 N–H and O–H groups in total. The molecule has 0 saturated carbocycles. The third-order valence-corrected chi connectivity index (χ3v) is 3.61. The number of aryl methyl sites for hydroxylation is 1. The zero-order valence-electron chi connectivity index (χ0n) is 10.5. The summed E-state index contributed by atoms with van der Waals surface area (Å²) < 4.78 is 6.90. The van der Waals surface area contributed by atoms with Gasteiger partial charge in [0.05, 0.1) is 21.9 Å². The number of nitrogens with two attached hydrogens (primary N) is 1. The van der Waals surface area contributed by atoms with Crippen LogP contribution < -0.4 is 5.73 Å². The van der Waals surface area contributed by atoms with E-state index >= 15 is 0 Å². The number of benzene rings is 1. The van der Waals surface area contributed by atoms with Crippen molar-refractivity contribution < 1.29 is 4.52 Å². The summed E-state index contributed by atoms with van der Waals surface area (Å²) >= 11 is 12.0. The number of imidazole rings is 1. The van der Waals surface area contributed by atoms with Gasteiger partial charge < -0.3 is 14.8 Å². The molecule has 0 fully saturated rings. The molecule has 2 heterocycles. The molecule has 20 heavy (non-hydrogen) atoms. The Labute approximate surface area is 124 Å². The van der Waals surface area contributed by atoms with Crippen LogP contribution in [0.25, 0.3) is 22.5 Å². The molecule has 0 aliphatic carbocycles. The number of nitrogen functional groups attached to an aromatic ring is 1. The predicted molar refractivity (Wildman–Crippen MR) is 78.6 cm³/mol. The van der Waals surface area contributed by atoms with Crippen molar-refractivity contribution in [2.45, 2.75) is 0 Å². The van der Waals surface area contributed by atoms with E-state index in [1.165, 1.54) is 0 Å². The van der Waals surface area contributed by atoms with Crippen molar-refractivity contribution in [1.29, 1.82) is 0 Å². The van der Waals surface area contributed by atoms with Crippen LogP contribution in [0.5, 0.6) is 0 Å². The molecule has 102 valence electrons. The number of aromatic nitrogens is 3. The molecular formula is C13H10Cl2N4O. The molecule has 7 heteroatoms. The number of nitrogens with zero attached hydrogens (tertiary/aromatic N) is 3. The highest BCUT2D eigenvalue weighted by Crippen LogP contribution is 2.37. The fraction of sp³-hybridized carbons (Fsp3) is 0.0769. The van der Waals surface area contributed by atoms with Gasteiger partial charge in [0.1, 0.15) is 11.4 Å². The average molecular weight is 309 g/mol. The predicted octanol–water partition coefficient (Wildman–Crippen LogP) is 3.63. The van der Waals surface area contributed by atoms with Crippen molar-refractivity contribution in [2.75, 3.05) is 5.73 Å². The Kier molecular flexibility index (Phi) is 3.16. The van der Waals surface area contributed by atoms with Gasteiger partial charge in [-0.2, -0.15) is 0 Å². The molecule has 0 bridgehead atoms. The van der Waals surface area contributed by atoms with E-state index in [1.807, 2.05) is 23.9 Å². The Bertz CT molecular complexity index is 779. The normalized spacial score (nSPS) is 10.9. The fourth-order valence-corrected chi connectivity index (χ4v) is 2.24. The lowest BCUT2D eigenvalue weighted by Crippen LogP contribution is -1.88. The zero-order chi connectivity index (χ0) is 14.3. The molecule has 0 aliphatic heterocycles. The second kappa shape index (κ2) is 4.85. The first kappa shape index (κ1) is 13.0. The standard InChI is InChI=1S/C13H10Cl2N4O/c1-19-5-10(17-6-19)12-11(13(16)20-18-12)7-2-3-8(14)9(15)4-7/h2-6H,16H2,1H3.